The van der Waals surface area contributed by atoms with Crippen LogP contribution in [-0.4, -0.2) is 25.0 Å². The molecule has 0 radical (unpaired) electrons. The summed E-state index contributed by atoms with van der Waals surface area (Å²) >= 11 is 0. The highest BCUT2D eigenvalue weighted by Gasteiger charge is 2.26. The Kier molecular flexibility index (Phi) is 6.34. The summed E-state index contributed by atoms with van der Waals surface area (Å²) in [5.41, 5.74) is 0. The quantitative estimate of drug-likeness (QED) is 0.812. The van der Waals surface area contributed by atoms with Crippen LogP contribution in [0.2, 0.25) is 0 Å². The number of amides is 1. The molecule has 20 heavy (non-hydrogen) atoms. The molecule has 3 nitrogen and oxygen atoms in total. The van der Waals surface area contributed by atoms with Gasteiger partial charge in [-0.1, -0.05) is 46.0 Å². The lowest BCUT2D eigenvalue weighted by Gasteiger charge is -2.34. The molecule has 1 amide bonds. The zero-order chi connectivity index (χ0) is 14.4. The summed E-state index contributed by atoms with van der Waals surface area (Å²) in [4.78, 5) is 11.9. The molecule has 2 saturated carbocycles. The lowest BCUT2D eigenvalue weighted by molar-refractivity contribution is -0.120. The van der Waals surface area contributed by atoms with E-state index in [1.165, 1.54) is 51.4 Å². The van der Waals surface area contributed by atoms with Crippen LogP contribution in [0.4, 0.5) is 0 Å². The normalized spacial score (nSPS) is 32.0. The molecule has 116 valence electrons. The molecule has 0 aromatic carbocycles. The molecule has 3 atom stereocenters. The Balaban J connectivity index is 1.61. The van der Waals surface area contributed by atoms with Crippen molar-refractivity contribution >= 4 is 5.91 Å². The van der Waals surface area contributed by atoms with E-state index in [2.05, 4.69) is 24.5 Å². The average Bonchev–Trinajstić information content (AvgIpc) is 2.48. The van der Waals surface area contributed by atoms with Gasteiger partial charge in [0.05, 0.1) is 6.54 Å². The van der Waals surface area contributed by atoms with E-state index in [1.54, 1.807) is 0 Å². The highest BCUT2D eigenvalue weighted by Crippen LogP contribution is 2.29. The lowest BCUT2D eigenvalue weighted by Crippen LogP contribution is -2.45. The molecule has 2 rings (SSSR count). The van der Waals surface area contributed by atoms with Crippen LogP contribution in [0.3, 0.4) is 0 Å². The van der Waals surface area contributed by atoms with Gasteiger partial charge in [0.15, 0.2) is 0 Å². The van der Waals surface area contributed by atoms with Gasteiger partial charge in [-0.3, -0.25) is 4.79 Å². The van der Waals surface area contributed by atoms with Crippen molar-refractivity contribution in [3.05, 3.63) is 0 Å². The van der Waals surface area contributed by atoms with Crippen LogP contribution in [-0.2, 0) is 4.79 Å². The SMILES string of the molecule is CC1CCCC(NCC(=O)NCC2CCCCC2)C1C. The fourth-order valence-electron chi connectivity index (χ4n) is 3.81. The molecule has 0 aromatic rings. The standard InChI is InChI=1S/C17H32N2O/c1-13-7-6-10-16(14(13)2)18-12-17(20)19-11-15-8-4-3-5-9-15/h13-16,18H,3-12H2,1-2H3,(H,19,20). The maximum Gasteiger partial charge on any atom is 0.233 e. The van der Waals surface area contributed by atoms with Crippen LogP contribution in [0, 0.1) is 17.8 Å². The van der Waals surface area contributed by atoms with Gasteiger partial charge in [0.25, 0.3) is 0 Å². The Morgan fingerprint density at radius 2 is 1.75 bits per heavy atom. The molecular formula is C17H32N2O. The van der Waals surface area contributed by atoms with E-state index >= 15 is 0 Å². The van der Waals surface area contributed by atoms with Crippen molar-refractivity contribution in [1.29, 1.82) is 0 Å². The first kappa shape index (κ1) is 15.8. The van der Waals surface area contributed by atoms with Crippen molar-refractivity contribution in [3.63, 3.8) is 0 Å². The maximum absolute atomic E-state index is 11.9. The third kappa shape index (κ3) is 4.76. The van der Waals surface area contributed by atoms with Gasteiger partial charge in [-0.25, -0.2) is 0 Å². The number of carbonyl (C=O) groups excluding carboxylic acids is 1. The summed E-state index contributed by atoms with van der Waals surface area (Å²) in [7, 11) is 0. The van der Waals surface area contributed by atoms with Crippen molar-refractivity contribution in [2.24, 2.45) is 17.8 Å². The number of rotatable bonds is 5. The number of carbonyl (C=O) groups is 1. The van der Waals surface area contributed by atoms with Crippen LogP contribution in [0.25, 0.3) is 0 Å². The largest absolute Gasteiger partial charge is 0.355 e. The number of hydrogen-bond donors (Lipinski definition) is 2. The fraction of sp³-hybridized carbons (Fsp3) is 0.941. The van der Waals surface area contributed by atoms with Crippen molar-refractivity contribution in [2.45, 2.75) is 71.3 Å². The Morgan fingerprint density at radius 3 is 2.50 bits per heavy atom. The molecule has 0 bridgehead atoms. The summed E-state index contributed by atoms with van der Waals surface area (Å²) < 4.78 is 0. The molecule has 0 saturated heterocycles. The fourth-order valence-corrected chi connectivity index (χ4v) is 3.81. The average molecular weight is 280 g/mol. The summed E-state index contributed by atoms with van der Waals surface area (Å²) in [5, 5.41) is 6.59. The van der Waals surface area contributed by atoms with Gasteiger partial charge >= 0.3 is 0 Å². The van der Waals surface area contributed by atoms with Gasteiger partial charge < -0.3 is 10.6 Å². The maximum atomic E-state index is 11.9. The predicted molar refractivity (Wildman–Crippen MR) is 83.6 cm³/mol. The van der Waals surface area contributed by atoms with Gasteiger partial charge in [-0.2, -0.15) is 0 Å². The van der Waals surface area contributed by atoms with E-state index in [4.69, 9.17) is 0 Å². The Hall–Kier alpha value is -0.570. The third-order valence-corrected chi connectivity index (χ3v) is 5.54. The molecule has 2 fully saturated rings. The summed E-state index contributed by atoms with van der Waals surface area (Å²) in [6.07, 6.45) is 10.5. The monoisotopic (exact) mass is 280 g/mol. The summed E-state index contributed by atoms with van der Waals surface area (Å²) in [5.74, 6) is 2.38. The Labute approximate surface area is 124 Å². The molecule has 0 spiro atoms. The summed E-state index contributed by atoms with van der Waals surface area (Å²) in [6.45, 7) is 6.04. The second kappa shape index (κ2) is 8.02. The zero-order valence-electron chi connectivity index (χ0n) is 13.3. The van der Waals surface area contributed by atoms with E-state index < -0.39 is 0 Å². The second-order valence-electron chi connectivity index (χ2n) is 7.06. The first-order chi connectivity index (χ1) is 9.66. The van der Waals surface area contributed by atoms with Gasteiger partial charge in [-0.15, -0.1) is 0 Å². The molecule has 0 heterocycles. The molecule has 2 N–H and O–H groups in total. The van der Waals surface area contributed by atoms with Gasteiger partial charge in [0.1, 0.15) is 0 Å². The number of hydrogen-bond acceptors (Lipinski definition) is 2. The van der Waals surface area contributed by atoms with Crippen LogP contribution in [0.1, 0.15) is 65.2 Å². The van der Waals surface area contributed by atoms with E-state index in [1.807, 2.05) is 0 Å². The van der Waals surface area contributed by atoms with Crippen molar-refractivity contribution in [1.82, 2.24) is 10.6 Å². The van der Waals surface area contributed by atoms with Crippen LogP contribution in [0.15, 0.2) is 0 Å². The minimum Gasteiger partial charge on any atom is -0.355 e. The molecule has 2 aliphatic carbocycles. The van der Waals surface area contributed by atoms with E-state index in [0.717, 1.165) is 18.4 Å². The molecule has 0 aromatic heterocycles. The topological polar surface area (TPSA) is 41.1 Å². The number of nitrogens with one attached hydrogen (secondary N) is 2. The van der Waals surface area contributed by atoms with Crippen LogP contribution >= 0.6 is 0 Å². The first-order valence-corrected chi connectivity index (χ1v) is 8.67. The summed E-state index contributed by atoms with van der Waals surface area (Å²) in [6, 6.07) is 0.527. The molecule has 3 unspecified atom stereocenters. The van der Waals surface area contributed by atoms with E-state index in [0.29, 0.717) is 18.5 Å². The molecule has 2 aliphatic rings. The van der Waals surface area contributed by atoms with Crippen molar-refractivity contribution in [2.75, 3.05) is 13.1 Å². The van der Waals surface area contributed by atoms with Gasteiger partial charge in [0, 0.05) is 12.6 Å². The molecular weight excluding hydrogens is 248 g/mol. The van der Waals surface area contributed by atoms with E-state index in [-0.39, 0.29) is 5.91 Å². The van der Waals surface area contributed by atoms with Crippen molar-refractivity contribution < 1.29 is 4.79 Å². The van der Waals surface area contributed by atoms with Gasteiger partial charge in [-0.05, 0) is 37.0 Å². The second-order valence-corrected chi connectivity index (χ2v) is 7.06. The van der Waals surface area contributed by atoms with Crippen LogP contribution < -0.4 is 10.6 Å². The highest BCUT2D eigenvalue weighted by molar-refractivity contribution is 5.78. The zero-order valence-corrected chi connectivity index (χ0v) is 13.3. The minimum absolute atomic E-state index is 0.181. The first-order valence-electron chi connectivity index (χ1n) is 8.67. The predicted octanol–water partition coefficient (Wildman–Crippen LogP) is 3.10. The Bertz CT molecular complexity index is 299. The highest BCUT2D eigenvalue weighted by atomic mass is 16.1. The van der Waals surface area contributed by atoms with Gasteiger partial charge in [0.2, 0.25) is 5.91 Å². The minimum atomic E-state index is 0.181. The van der Waals surface area contributed by atoms with Crippen molar-refractivity contribution in [3.8, 4) is 0 Å². The molecule has 3 heteroatoms. The lowest BCUT2D eigenvalue weighted by atomic mass is 9.78. The molecule has 0 aliphatic heterocycles. The Morgan fingerprint density at radius 1 is 1.00 bits per heavy atom. The smallest absolute Gasteiger partial charge is 0.233 e. The van der Waals surface area contributed by atoms with Crippen LogP contribution in [0.5, 0.6) is 0 Å². The third-order valence-electron chi connectivity index (χ3n) is 5.54. The van der Waals surface area contributed by atoms with E-state index in [9.17, 15) is 4.79 Å².